The van der Waals surface area contributed by atoms with Gasteiger partial charge >= 0.3 is 0 Å². The number of ether oxygens (including phenoxy) is 1. The number of para-hydroxylation sites is 1. The monoisotopic (exact) mass is 447 g/mol. The number of nitrogens with zero attached hydrogens (tertiary/aromatic N) is 2. The Morgan fingerprint density at radius 3 is 2.68 bits per heavy atom. The Kier molecular flexibility index (Phi) is 6.96. The number of benzene rings is 3. The van der Waals surface area contributed by atoms with Crippen LogP contribution in [0.15, 0.2) is 82.2 Å². The molecule has 0 aliphatic heterocycles. The quantitative estimate of drug-likeness (QED) is 0.222. The van der Waals surface area contributed by atoms with Crippen LogP contribution in [0.3, 0.4) is 0 Å². The first-order valence-corrected chi connectivity index (χ1v) is 11.6. The van der Waals surface area contributed by atoms with E-state index >= 15 is 0 Å². The van der Waals surface area contributed by atoms with E-state index in [1.807, 2.05) is 60.7 Å². The maximum Gasteiger partial charge on any atom is 0.250 e. The number of fused-ring (bicyclic) bond motifs is 1. The molecular weight excluding hydrogens is 426 g/mol. The van der Waals surface area contributed by atoms with Crippen molar-refractivity contribution in [1.29, 1.82) is 0 Å². The van der Waals surface area contributed by atoms with Crippen molar-refractivity contribution in [2.45, 2.75) is 17.9 Å². The number of carbonyl (C=O) groups is 1. The lowest BCUT2D eigenvalue weighted by atomic mass is 10.1. The molecule has 1 N–H and O–H groups in total. The molecule has 1 heterocycles. The highest BCUT2D eigenvalue weighted by Crippen LogP contribution is 2.29. The maximum absolute atomic E-state index is 12.0. The average molecular weight is 448 g/mol. The number of carbonyl (C=O) groups excluding carboxylic acids is 1. The number of hydrazone groups is 1. The number of hydrogen-bond acceptors (Lipinski definition) is 6. The summed E-state index contributed by atoms with van der Waals surface area (Å²) < 4.78 is 7.84. The lowest BCUT2D eigenvalue weighted by Crippen LogP contribution is -2.19. The van der Waals surface area contributed by atoms with Crippen LogP contribution >= 0.6 is 23.1 Å². The van der Waals surface area contributed by atoms with Crippen molar-refractivity contribution in [3.05, 3.63) is 89.5 Å². The van der Waals surface area contributed by atoms with Crippen LogP contribution in [-0.2, 0) is 11.4 Å². The minimum atomic E-state index is -0.168. The second-order valence-electron chi connectivity index (χ2n) is 6.81. The fraction of sp³-hybridized carbons (Fsp3) is 0.125. The minimum Gasteiger partial charge on any atom is -0.489 e. The Morgan fingerprint density at radius 1 is 1.10 bits per heavy atom. The van der Waals surface area contributed by atoms with Crippen molar-refractivity contribution in [2.24, 2.45) is 5.10 Å². The molecule has 0 saturated heterocycles. The summed E-state index contributed by atoms with van der Waals surface area (Å²) in [4.78, 5) is 16.5. The van der Waals surface area contributed by atoms with Gasteiger partial charge in [-0.3, -0.25) is 4.79 Å². The summed E-state index contributed by atoms with van der Waals surface area (Å²) in [5, 5.41) is 4.04. The standard InChI is InChI=1S/C24H21N3O2S2/c1-17-6-2-3-7-19(17)15-29-20-12-10-18(11-13-20)14-25-27-23(28)16-30-24-26-21-8-4-5-9-22(21)31-24/h2-14H,15-16H2,1H3,(H,27,28)/b25-14-. The molecule has 156 valence electrons. The number of aryl methyl sites for hydroxylation is 1. The molecule has 0 aliphatic carbocycles. The summed E-state index contributed by atoms with van der Waals surface area (Å²) >= 11 is 3.00. The zero-order valence-corrected chi connectivity index (χ0v) is 18.6. The Balaban J connectivity index is 1.22. The van der Waals surface area contributed by atoms with Gasteiger partial charge in [0.25, 0.3) is 5.91 Å². The number of aromatic nitrogens is 1. The second kappa shape index (κ2) is 10.2. The van der Waals surface area contributed by atoms with Crippen LogP contribution in [0.2, 0.25) is 0 Å². The van der Waals surface area contributed by atoms with Crippen LogP contribution in [0.4, 0.5) is 0 Å². The third-order valence-corrected chi connectivity index (χ3v) is 6.72. The number of thiazole rings is 1. The van der Waals surface area contributed by atoms with Gasteiger partial charge in [0.2, 0.25) is 0 Å². The fourth-order valence-electron chi connectivity index (χ4n) is 2.83. The van der Waals surface area contributed by atoms with E-state index in [2.05, 4.69) is 34.6 Å². The molecule has 3 aromatic carbocycles. The van der Waals surface area contributed by atoms with Crippen molar-refractivity contribution < 1.29 is 9.53 Å². The number of nitrogens with one attached hydrogen (secondary N) is 1. The van der Waals surface area contributed by atoms with E-state index < -0.39 is 0 Å². The summed E-state index contributed by atoms with van der Waals surface area (Å²) in [5.41, 5.74) is 6.77. The highest BCUT2D eigenvalue weighted by Gasteiger charge is 2.07. The van der Waals surface area contributed by atoms with Crippen molar-refractivity contribution in [3.8, 4) is 5.75 Å². The van der Waals surface area contributed by atoms with E-state index in [0.717, 1.165) is 25.9 Å². The highest BCUT2D eigenvalue weighted by atomic mass is 32.2. The number of hydrogen-bond donors (Lipinski definition) is 1. The molecule has 4 aromatic rings. The molecule has 0 radical (unpaired) electrons. The van der Waals surface area contributed by atoms with Crippen molar-refractivity contribution in [2.75, 3.05) is 5.75 Å². The van der Waals surface area contributed by atoms with Crippen LogP contribution < -0.4 is 10.2 Å². The predicted octanol–water partition coefficient (Wildman–Crippen LogP) is 5.43. The lowest BCUT2D eigenvalue weighted by molar-refractivity contribution is -0.118. The Bertz CT molecular complexity index is 1170. The Morgan fingerprint density at radius 2 is 1.87 bits per heavy atom. The molecule has 1 amide bonds. The highest BCUT2D eigenvalue weighted by molar-refractivity contribution is 8.01. The Hall–Kier alpha value is -3.16. The van der Waals surface area contributed by atoms with E-state index in [9.17, 15) is 4.79 Å². The van der Waals surface area contributed by atoms with Gasteiger partial charge in [0.05, 0.1) is 22.2 Å². The summed E-state index contributed by atoms with van der Waals surface area (Å²) in [5.74, 6) is 0.887. The SMILES string of the molecule is Cc1ccccc1COc1ccc(/C=N\NC(=O)CSc2nc3ccccc3s2)cc1. The van der Waals surface area contributed by atoms with Crippen molar-refractivity contribution in [1.82, 2.24) is 10.4 Å². The summed E-state index contributed by atoms with van der Waals surface area (Å²) in [6.07, 6.45) is 1.62. The van der Waals surface area contributed by atoms with E-state index in [0.29, 0.717) is 6.61 Å². The molecule has 5 nitrogen and oxygen atoms in total. The average Bonchev–Trinajstić information content (AvgIpc) is 3.21. The smallest absolute Gasteiger partial charge is 0.250 e. The van der Waals surface area contributed by atoms with Crippen LogP contribution in [0.1, 0.15) is 16.7 Å². The van der Waals surface area contributed by atoms with Gasteiger partial charge in [0.1, 0.15) is 12.4 Å². The second-order valence-corrected chi connectivity index (χ2v) is 9.07. The molecule has 1 aromatic heterocycles. The van der Waals surface area contributed by atoms with Gasteiger partial charge in [-0.15, -0.1) is 11.3 Å². The Labute approximate surface area is 189 Å². The van der Waals surface area contributed by atoms with Crippen LogP contribution in [-0.4, -0.2) is 22.9 Å². The van der Waals surface area contributed by atoms with Crippen molar-refractivity contribution >= 4 is 45.4 Å². The summed E-state index contributed by atoms with van der Waals surface area (Å²) in [6, 6.07) is 23.7. The molecule has 4 rings (SSSR count). The first kappa shape index (κ1) is 21.1. The van der Waals surface area contributed by atoms with Crippen LogP contribution in [0.5, 0.6) is 5.75 Å². The third kappa shape index (κ3) is 5.93. The first-order chi connectivity index (χ1) is 15.2. The molecule has 0 unspecified atom stereocenters. The molecule has 31 heavy (non-hydrogen) atoms. The fourth-order valence-corrected chi connectivity index (χ4v) is 4.70. The number of thioether (sulfide) groups is 1. The van der Waals surface area contributed by atoms with Crippen LogP contribution in [0, 0.1) is 6.92 Å². The van der Waals surface area contributed by atoms with Crippen LogP contribution in [0.25, 0.3) is 10.2 Å². The zero-order chi connectivity index (χ0) is 21.5. The molecule has 0 saturated carbocycles. The lowest BCUT2D eigenvalue weighted by Gasteiger charge is -2.08. The van der Waals surface area contributed by atoms with Crippen molar-refractivity contribution in [3.63, 3.8) is 0 Å². The molecule has 0 aliphatic rings. The zero-order valence-electron chi connectivity index (χ0n) is 16.9. The topological polar surface area (TPSA) is 63.6 Å². The predicted molar refractivity (Wildman–Crippen MR) is 128 cm³/mol. The molecular formula is C24H21N3O2S2. The summed E-state index contributed by atoms with van der Waals surface area (Å²) in [7, 11) is 0. The van der Waals surface area contributed by atoms with Gasteiger partial charge in [0.15, 0.2) is 4.34 Å². The first-order valence-electron chi connectivity index (χ1n) is 9.75. The molecule has 0 spiro atoms. The van der Waals surface area contributed by atoms with Gasteiger partial charge in [-0.1, -0.05) is 48.2 Å². The normalized spacial score (nSPS) is 11.1. The number of rotatable bonds is 8. The van der Waals surface area contributed by atoms with Gasteiger partial charge in [0, 0.05) is 0 Å². The molecule has 0 bridgehead atoms. The minimum absolute atomic E-state index is 0.168. The van der Waals surface area contributed by atoms with Gasteiger partial charge in [-0.25, -0.2) is 10.4 Å². The molecule has 0 atom stereocenters. The van der Waals surface area contributed by atoms with Gasteiger partial charge in [-0.2, -0.15) is 5.10 Å². The molecule has 0 fully saturated rings. The largest absolute Gasteiger partial charge is 0.489 e. The van der Waals surface area contributed by atoms with E-state index in [1.165, 1.54) is 22.9 Å². The van der Waals surface area contributed by atoms with Gasteiger partial charge < -0.3 is 4.74 Å². The van der Waals surface area contributed by atoms with Gasteiger partial charge in [-0.05, 0) is 60.0 Å². The van der Waals surface area contributed by atoms with E-state index in [-0.39, 0.29) is 11.7 Å². The maximum atomic E-state index is 12.0. The third-order valence-electron chi connectivity index (χ3n) is 4.54. The number of amides is 1. The van der Waals surface area contributed by atoms with E-state index in [4.69, 9.17) is 4.74 Å². The molecule has 7 heteroatoms. The summed E-state index contributed by atoms with van der Waals surface area (Å²) in [6.45, 7) is 2.60. The van der Waals surface area contributed by atoms with E-state index in [1.54, 1.807) is 17.6 Å².